The topological polar surface area (TPSA) is 131 Å². The van der Waals surface area contributed by atoms with Crippen LogP contribution in [0.25, 0.3) is 23.1 Å². The Balaban J connectivity index is 1.66. The summed E-state index contributed by atoms with van der Waals surface area (Å²) in [5.41, 5.74) is -0.879. The number of rotatable bonds is 7. The van der Waals surface area contributed by atoms with Crippen molar-refractivity contribution in [1.82, 2.24) is 14.5 Å². The first-order valence-electron chi connectivity index (χ1n) is 9.85. The Hall–Kier alpha value is -4.60. The van der Waals surface area contributed by atoms with E-state index in [1.807, 2.05) is 29.2 Å². The Morgan fingerprint density at radius 2 is 1.79 bits per heavy atom. The van der Waals surface area contributed by atoms with Crippen molar-refractivity contribution in [1.29, 1.82) is 0 Å². The van der Waals surface area contributed by atoms with E-state index in [2.05, 4.69) is 4.98 Å². The van der Waals surface area contributed by atoms with E-state index in [9.17, 15) is 28.9 Å². The number of Topliss-reactive ketones (excluding diaryl/α,β-unsaturated/α-hetero) is 1. The van der Waals surface area contributed by atoms with E-state index < -0.39 is 21.9 Å². The van der Waals surface area contributed by atoms with Gasteiger partial charge in [-0.25, -0.2) is 9.18 Å². The summed E-state index contributed by atoms with van der Waals surface area (Å²) in [7, 11) is 0. The number of para-hydroxylation sites is 1. The molecule has 0 aliphatic heterocycles. The standard InChI is InChI=1S/C23H17FN4O5/c24-16-8-5-14(6-9-16)11-17(29)13-27-12-15(18-3-1-2-4-20(18)27)7-10-19-21(28(32)33)22(30)26-23(31)25-19/h1-10,12H,11,13H2,(H2,25,26,30,31)/b10-7+. The molecule has 0 saturated carbocycles. The molecule has 0 aliphatic rings. The summed E-state index contributed by atoms with van der Waals surface area (Å²) in [4.78, 5) is 50.4. The predicted octanol–water partition coefficient (Wildman–Crippen LogP) is 3.05. The number of benzene rings is 2. The summed E-state index contributed by atoms with van der Waals surface area (Å²) in [6.45, 7) is 0.0632. The van der Waals surface area contributed by atoms with Crippen LogP contribution in [0.5, 0.6) is 0 Å². The van der Waals surface area contributed by atoms with Crippen molar-refractivity contribution < 1.29 is 14.1 Å². The fraction of sp³-hybridized carbons (Fsp3) is 0.0870. The maximum atomic E-state index is 13.1. The van der Waals surface area contributed by atoms with Gasteiger partial charge in [-0.2, -0.15) is 0 Å². The van der Waals surface area contributed by atoms with Crippen LogP contribution in [0, 0.1) is 15.9 Å². The fourth-order valence-electron chi connectivity index (χ4n) is 3.59. The molecule has 4 rings (SSSR count). The first kappa shape index (κ1) is 21.6. The minimum Gasteiger partial charge on any atom is -0.339 e. The number of carbonyl (C=O) groups excluding carboxylic acids is 1. The lowest BCUT2D eigenvalue weighted by Crippen LogP contribution is -2.25. The molecule has 2 heterocycles. The van der Waals surface area contributed by atoms with Crippen molar-refractivity contribution in [3.8, 4) is 0 Å². The third-order valence-electron chi connectivity index (χ3n) is 5.04. The normalized spacial score (nSPS) is 11.3. The van der Waals surface area contributed by atoms with Crippen molar-refractivity contribution in [3.63, 3.8) is 0 Å². The van der Waals surface area contributed by atoms with Gasteiger partial charge in [-0.3, -0.25) is 24.7 Å². The van der Waals surface area contributed by atoms with Crippen LogP contribution in [0.2, 0.25) is 0 Å². The Morgan fingerprint density at radius 3 is 2.52 bits per heavy atom. The third-order valence-corrected chi connectivity index (χ3v) is 5.04. The Morgan fingerprint density at radius 1 is 1.06 bits per heavy atom. The number of halogens is 1. The van der Waals surface area contributed by atoms with E-state index >= 15 is 0 Å². The minimum absolute atomic E-state index is 0.0632. The lowest BCUT2D eigenvalue weighted by molar-refractivity contribution is -0.386. The molecule has 0 unspecified atom stereocenters. The van der Waals surface area contributed by atoms with Gasteiger partial charge >= 0.3 is 16.9 Å². The molecule has 0 atom stereocenters. The molecule has 2 aromatic heterocycles. The van der Waals surface area contributed by atoms with Gasteiger partial charge in [-0.15, -0.1) is 0 Å². The van der Waals surface area contributed by atoms with Crippen LogP contribution in [0.3, 0.4) is 0 Å². The Labute approximate surface area is 185 Å². The monoisotopic (exact) mass is 448 g/mol. The predicted molar refractivity (Wildman–Crippen MR) is 120 cm³/mol. The van der Waals surface area contributed by atoms with Crippen molar-refractivity contribution in [2.24, 2.45) is 0 Å². The van der Waals surface area contributed by atoms with Crippen LogP contribution in [0.1, 0.15) is 16.8 Å². The quantitative estimate of drug-likeness (QED) is 0.331. The maximum absolute atomic E-state index is 13.1. The molecule has 0 fully saturated rings. The maximum Gasteiger partial charge on any atom is 0.357 e. The lowest BCUT2D eigenvalue weighted by Gasteiger charge is -2.05. The molecule has 2 aromatic carbocycles. The number of fused-ring (bicyclic) bond motifs is 1. The number of nitrogens with one attached hydrogen (secondary N) is 2. The Bertz CT molecular complexity index is 1510. The zero-order chi connectivity index (χ0) is 23.5. The molecule has 2 N–H and O–H groups in total. The Kier molecular flexibility index (Phi) is 5.81. The highest BCUT2D eigenvalue weighted by atomic mass is 19.1. The lowest BCUT2D eigenvalue weighted by atomic mass is 10.1. The number of H-pyrrole nitrogens is 2. The summed E-state index contributed by atoms with van der Waals surface area (Å²) in [6, 6.07) is 13.0. The van der Waals surface area contributed by atoms with Crippen molar-refractivity contribution in [2.45, 2.75) is 13.0 Å². The van der Waals surface area contributed by atoms with E-state index in [1.165, 1.54) is 24.3 Å². The van der Waals surface area contributed by atoms with Crippen LogP contribution in [0.4, 0.5) is 10.1 Å². The third kappa shape index (κ3) is 4.69. The van der Waals surface area contributed by atoms with Gasteiger partial charge in [-0.05, 0) is 29.8 Å². The van der Waals surface area contributed by atoms with Crippen LogP contribution >= 0.6 is 0 Å². The minimum atomic E-state index is -1.10. The molecule has 10 heteroatoms. The smallest absolute Gasteiger partial charge is 0.339 e. The second-order valence-corrected chi connectivity index (χ2v) is 7.33. The van der Waals surface area contributed by atoms with Gasteiger partial charge in [-0.1, -0.05) is 36.4 Å². The molecule has 9 nitrogen and oxygen atoms in total. The molecule has 4 aromatic rings. The first-order chi connectivity index (χ1) is 15.8. The number of ketones is 1. The molecule has 0 spiro atoms. The molecule has 0 amide bonds. The highest BCUT2D eigenvalue weighted by Crippen LogP contribution is 2.24. The van der Waals surface area contributed by atoms with E-state index in [0.29, 0.717) is 11.1 Å². The fourth-order valence-corrected chi connectivity index (χ4v) is 3.59. The van der Waals surface area contributed by atoms with Crippen LogP contribution in [-0.2, 0) is 17.8 Å². The molecule has 0 saturated heterocycles. The summed E-state index contributed by atoms with van der Waals surface area (Å²) in [5, 5.41) is 12.0. The largest absolute Gasteiger partial charge is 0.357 e. The second kappa shape index (κ2) is 8.87. The second-order valence-electron chi connectivity index (χ2n) is 7.33. The van der Waals surface area contributed by atoms with Crippen LogP contribution in [-0.4, -0.2) is 25.2 Å². The van der Waals surface area contributed by atoms with Gasteiger partial charge in [0.25, 0.3) is 0 Å². The highest BCUT2D eigenvalue weighted by Gasteiger charge is 2.19. The number of hydrogen-bond donors (Lipinski definition) is 2. The molecular weight excluding hydrogens is 431 g/mol. The number of aromatic amines is 2. The zero-order valence-corrected chi connectivity index (χ0v) is 17.1. The van der Waals surface area contributed by atoms with Gasteiger partial charge in [0, 0.05) is 29.1 Å². The number of hydrogen-bond acceptors (Lipinski definition) is 5. The summed E-state index contributed by atoms with van der Waals surface area (Å²) in [6.07, 6.45) is 4.65. The summed E-state index contributed by atoms with van der Waals surface area (Å²) < 4.78 is 14.8. The van der Waals surface area contributed by atoms with Crippen molar-refractivity contribution in [3.05, 3.63) is 108 Å². The van der Waals surface area contributed by atoms with Crippen LogP contribution < -0.4 is 11.2 Å². The number of nitro groups is 1. The summed E-state index contributed by atoms with van der Waals surface area (Å²) in [5.74, 6) is -0.464. The average Bonchev–Trinajstić information content (AvgIpc) is 3.10. The van der Waals surface area contributed by atoms with Crippen LogP contribution in [0.15, 0.2) is 64.3 Å². The molecule has 0 radical (unpaired) electrons. The van der Waals surface area contributed by atoms with Gasteiger partial charge in [0.2, 0.25) is 0 Å². The average molecular weight is 448 g/mol. The first-order valence-corrected chi connectivity index (χ1v) is 9.85. The molecule has 33 heavy (non-hydrogen) atoms. The summed E-state index contributed by atoms with van der Waals surface area (Å²) >= 11 is 0. The van der Waals surface area contributed by atoms with E-state index in [1.54, 1.807) is 22.9 Å². The van der Waals surface area contributed by atoms with Gasteiger partial charge in [0.05, 0.1) is 11.5 Å². The van der Waals surface area contributed by atoms with E-state index in [0.717, 1.165) is 10.9 Å². The molecular formula is C23H17FN4O5. The molecule has 166 valence electrons. The van der Waals surface area contributed by atoms with Gasteiger partial charge < -0.3 is 9.55 Å². The SMILES string of the molecule is O=C(Cc1ccc(F)cc1)Cn1cc(/C=C/c2[nH]c(=O)[nH]c(=O)c2[N+](=O)[O-])c2ccccc21. The number of nitrogens with zero attached hydrogens (tertiary/aromatic N) is 2. The molecule has 0 bridgehead atoms. The van der Waals surface area contributed by atoms with E-state index in [4.69, 9.17) is 0 Å². The highest BCUT2D eigenvalue weighted by molar-refractivity contribution is 5.93. The zero-order valence-electron chi connectivity index (χ0n) is 17.1. The van der Waals surface area contributed by atoms with Crippen molar-refractivity contribution in [2.75, 3.05) is 0 Å². The number of aromatic nitrogens is 3. The van der Waals surface area contributed by atoms with Gasteiger partial charge in [0.1, 0.15) is 11.5 Å². The van der Waals surface area contributed by atoms with Gasteiger partial charge in [0.15, 0.2) is 5.78 Å². The number of carbonyl (C=O) groups is 1. The van der Waals surface area contributed by atoms with Crippen molar-refractivity contribution >= 4 is 34.5 Å². The van der Waals surface area contributed by atoms with E-state index in [-0.39, 0.29) is 30.3 Å². The molecule has 0 aliphatic carbocycles.